The molecule has 0 aromatic heterocycles. The molecule has 0 aliphatic heterocycles. The van der Waals surface area contributed by atoms with Gasteiger partial charge in [-0.1, -0.05) is 18.2 Å². The average Bonchev–Trinajstić information content (AvgIpc) is 3.63. The molecule has 4 rings (SSSR count). The lowest BCUT2D eigenvalue weighted by molar-refractivity contribution is -0.139. The fourth-order valence-electron chi connectivity index (χ4n) is 4.12. The third-order valence-electron chi connectivity index (χ3n) is 6.36. The molecule has 1 aliphatic carbocycles. The van der Waals surface area contributed by atoms with Crippen molar-refractivity contribution in [2.75, 3.05) is 12.4 Å². The van der Waals surface area contributed by atoms with Crippen LogP contribution in [0.1, 0.15) is 29.5 Å². The van der Waals surface area contributed by atoms with Crippen LogP contribution >= 0.6 is 0 Å². The Morgan fingerprint density at radius 1 is 0.972 bits per heavy atom. The molecular weight excluding hydrogens is 497 g/mol. The van der Waals surface area contributed by atoms with Crippen molar-refractivity contribution in [3.8, 4) is 22.6 Å². The van der Waals surface area contributed by atoms with Crippen molar-refractivity contribution in [1.82, 2.24) is 4.72 Å². The minimum absolute atomic E-state index is 0.135. The molecule has 1 fully saturated rings. The van der Waals surface area contributed by atoms with Crippen molar-refractivity contribution in [3.05, 3.63) is 71.3 Å². The molecule has 1 amide bonds. The summed E-state index contributed by atoms with van der Waals surface area (Å²) < 4.78 is 67.4. The molecule has 1 aliphatic rings. The van der Waals surface area contributed by atoms with Crippen LogP contribution in [0.25, 0.3) is 11.1 Å². The summed E-state index contributed by atoms with van der Waals surface area (Å²) in [4.78, 5) is 12.2. The number of hydrogen-bond acceptors (Lipinski definition) is 5. The zero-order valence-corrected chi connectivity index (χ0v) is 20.1. The lowest BCUT2D eigenvalue weighted by Gasteiger charge is -2.18. The van der Waals surface area contributed by atoms with Gasteiger partial charge in [-0.2, -0.15) is 13.2 Å². The van der Waals surface area contributed by atoms with E-state index in [-0.39, 0.29) is 23.0 Å². The van der Waals surface area contributed by atoms with Gasteiger partial charge in [0.25, 0.3) is 0 Å². The smallest absolute Gasteiger partial charge is 0.417 e. The Morgan fingerprint density at radius 2 is 1.67 bits per heavy atom. The highest BCUT2D eigenvalue weighted by atomic mass is 32.2. The average molecular weight is 521 g/mol. The maximum absolute atomic E-state index is 13.7. The molecule has 36 heavy (non-hydrogen) atoms. The molecule has 3 aromatic carbocycles. The maximum Gasteiger partial charge on any atom is 0.417 e. The van der Waals surface area contributed by atoms with E-state index in [1.54, 1.807) is 25.1 Å². The third kappa shape index (κ3) is 4.63. The Balaban J connectivity index is 1.69. The number of phenolic OH excluding ortho intramolecular Hbond substituents is 2. The van der Waals surface area contributed by atoms with Crippen molar-refractivity contribution in [2.24, 2.45) is 0 Å². The van der Waals surface area contributed by atoms with Crippen LogP contribution in [0.5, 0.6) is 11.5 Å². The molecule has 0 bridgehead atoms. The molecule has 11 heteroatoms. The standard InChI is InChI=1S/C25H23F3N2O5S/c1-14-3-6-17(30-23(33)24(9-10-24)16-5-7-20(31)21(32)12-16)13-18(14)15-4-8-22(36(34,35)29-2)19(11-15)25(26,27)28/h3-8,11-13,29,31-32H,9-10H2,1-2H3,(H,30,33). The van der Waals surface area contributed by atoms with Crippen LogP contribution in [0.15, 0.2) is 59.5 Å². The molecule has 7 nitrogen and oxygen atoms in total. The summed E-state index contributed by atoms with van der Waals surface area (Å²) in [7, 11) is -3.31. The molecule has 0 atom stereocenters. The summed E-state index contributed by atoms with van der Waals surface area (Å²) in [6, 6.07) is 12.0. The van der Waals surface area contributed by atoms with E-state index >= 15 is 0 Å². The van der Waals surface area contributed by atoms with E-state index in [1.165, 1.54) is 24.3 Å². The van der Waals surface area contributed by atoms with Crippen LogP contribution in [0, 0.1) is 6.92 Å². The second-order valence-corrected chi connectivity index (χ2v) is 10.5. The number of sulfonamides is 1. The molecule has 0 radical (unpaired) electrons. The summed E-state index contributed by atoms with van der Waals surface area (Å²) in [6.45, 7) is 1.69. The number of halogens is 3. The van der Waals surface area contributed by atoms with E-state index in [9.17, 15) is 36.6 Å². The van der Waals surface area contributed by atoms with Gasteiger partial charge in [0, 0.05) is 5.69 Å². The van der Waals surface area contributed by atoms with Crippen LogP contribution in [0.3, 0.4) is 0 Å². The van der Waals surface area contributed by atoms with Gasteiger partial charge in [0.15, 0.2) is 11.5 Å². The molecule has 0 unspecified atom stereocenters. The zero-order valence-electron chi connectivity index (χ0n) is 19.3. The highest BCUT2D eigenvalue weighted by Gasteiger charge is 2.51. The van der Waals surface area contributed by atoms with Crippen LogP contribution < -0.4 is 10.0 Å². The van der Waals surface area contributed by atoms with Crippen molar-refractivity contribution < 1.29 is 36.6 Å². The van der Waals surface area contributed by atoms with Crippen molar-refractivity contribution >= 4 is 21.6 Å². The Kier molecular flexibility index (Phi) is 6.26. The molecule has 4 N–H and O–H groups in total. The van der Waals surface area contributed by atoms with E-state index in [4.69, 9.17) is 0 Å². The molecule has 0 heterocycles. The van der Waals surface area contributed by atoms with Crippen molar-refractivity contribution in [2.45, 2.75) is 36.3 Å². The first-order chi connectivity index (χ1) is 16.8. The first kappa shape index (κ1) is 25.5. The third-order valence-corrected chi connectivity index (χ3v) is 7.83. The van der Waals surface area contributed by atoms with Gasteiger partial charge in [0.1, 0.15) is 0 Å². The van der Waals surface area contributed by atoms with E-state index in [0.717, 1.165) is 19.2 Å². The maximum atomic E-state index is 13.7. The largest absolute Gasteiger partial charge is 0.504 e. The number of phenols is 2. The van der Waals surface area contributed by atoms with Crippen LogP contribution in [-0.4, -0.2) is 31.6 Å². The Hall–Kier alpha value is -3.57. The van der Waals surface area contributed by atoms with Crippen LogP contribution in [0.2, 0.25) is 0 Å². The summed E-state index contributed by atoms with van der Waals surface area (Å²) >= 11 is 0. The molecule has 0 saturated heterocycles. The topological polar surface area (TPSA) is 116 Å². The SMILES string of the molecule is CNS(=O)(=O)c1ccc(-c2cc(NC(=O)C3(c4ccc(O)c(O)c4)CC3)ccc2C)cc1C(F)(F)F. The number of nitrogens with one attached hydrogen (secondary N) is 2. The molecule has 1 saturated carbocycles. The van der Waals surface area contributed by atoms with Gasteiger partial charge >= 0.3 is 6.18 Å². The fourth-order valence-corrected chi connectivity index (χ4v) is 5.05. The predicted molar refractivity (Wildman–Crippen MR) is 127 cm³/mol. The minimum atomic E-state index is -4.91. The number of hydrogen-bond donors (Lipinski definition) is 4. The number of aryl methyl sites for hydroxylation is 1. The van der Waals surface area contributed by atoms with E-state index < -0.39 is 32.1 Å². The first-order valence-corrected chi connectivity index (χ1v) is 12.4. The second kappa shape index (κ2) is 8.82. The highest BCUT2D eigenvalue weighted by Crippen LogP contribution is 2.50. The number of alkyl halides is 3. The summed E-state index contributed by atoms with van der Waals surface area (Å²) in [5, 5.41) is 22.2. The van der Waals surface area contributed by atoms with E-state index in [0.29, 0.717) is 35.2 Å². The van der Waals surface area contributed by atoms with Crippen molar-refractivity contribution in [3.63, 3.8) is 0 Å². The van der Waals surface area contributed by atoms with Gasteiger partial charge in [-0.15, -0.1) is 0 Å². The van der Waals surface area contributed by atoms with Crippen LogP contribution in [0.4, 0.5) is 18.9 Å². The number of rotatable bonds is 6. The van der Waals surface area contributed by atoms with Gasteiger partial charge in [-0.05, 0) is 85.5 Å². The number of anilines is 1. The Bertz CT molecular complexity index is 1470. The fraction of sp³-hybridized carbons (Fsp3) is 0.240. The first-order valence-electron chi connectivity index (χ1n) is 10.9. The number of amides is 1. The Morgan fingerprint density at radius 3 is 2.25 bits per heavy atom. The summed E-state index contributed by atoms with van der Waals surface area (Å²) in [6.07, 6.45) is -3.86. The van der Waals surface area contributed by atoms with Crippen LogP contribution in [-0.2, 0) is 26.4 Å². The normalized spacial score (nSPS) is 14.9. The number of aromatic hydroxyl groups is 2. The van der Waals surface area contributed by atoms with E-state index in [2.05, 4.69) is 5.32 Å². The minimum Gasteiger partial charge on any atom is -0.504 e. The number of carbonyl (C=O) groups excluding carboxylic acids is 1. The Labute approximate surface area is 205 Å². The van der Waals surface area contributed by atoms with Gasteiger partial charge < -0.3 is 15.5 Å². The summed E-state index contributed by atoms with van der Waals surface area (Å²) in [5.41, 5.74) is -0.159. The second-order valence-electron chi connectivity index (χ2n) is 8.69. The highest BCUT2D eigenvalue weighted by molar-refractivity contribution is 7.89. The van der Waals surface area contributed by atoms with Gasteiger partial charge in [-0.3, -0.25) is 4.79 Å². The monoisotopic (exact) mass is 520 g/mol. The molecule has 190 valence electrons. The van der Waals surface area contributed by atoms with Crippen molar-refractivity contribution in [1.29, 1.82) is 0 Å². The summed E-state index contributed by atoms with van der Waals surface area (Å²) in [5.74, 6) is -0.993. The van der Waals surface area contributed by atoms with E-state index in [1.807, 2.05) is 4.72 Å². The molecule has 3 aromatic rings. The molecular formula is C25H23F3N2O5S. The predicted octanol–water partition coefficient (Wildman–Crippen LogP) is 4.67. The van der Waals surface area contributed by atoms with Gasteiger partial charge in [0.05, 0.1) is 15.9 Å². The number of carbonyl (C=O) groups is 1. The lowest BCUT2D eigenvalue weighted by atomic mass is 9.94. The quantitative estimate of drug-likeness (QED) is 0.353. The lowest BCUT2D eigenvalue weighted by Crippen LogP contribution is -2.27. The molecule has 0 spiro atoms. The van der Waals surface area contributed by atoms with Gasteiger partial charge in [-0.25, -0.2) is 13.1 Å². The van der Waals surface area contributed by atoms with Gasteiger partial charge in [0.2, 0.25) is 15.9 Å². The zero-order chi connectivity index (χ0) is 26.5. The number of benzene rings is 3.